The summed E-state index contributed by atoms with van der Waals surface area (Å²) in [5, 5.41) is 0. The molecule has 0 saturated heterocycles. The van der Waals surface area contributed by atoms with E-state index in [0.717, 1.165) is 0 Å². The van der Waals surface area contributed by atoms with Crippen molar-refractivity contribution in [3.05, 3.63) is 42.5 Å². The molecule has 5 heteroatoms. The first-order valence-corrected chi connectivity index (χ1v) is 4.01. The third-order valence-corrected chi connectivity index (χ3v) is 1.57. The van der Waals surface area contributed by atoms with Crippen LogP contribution < -0.4 is 0 Å². The molecule has 3 nitrogen and oxygen atoms in total. The first kappa shape index (κ1) is 11.3. The number of carbonyl (C=O) groups excluding carboxylic acids is 1. The summed E-state index contributed by atoms with van der Waals surface area (Å²) in [7, 11) is 0. The van der Waals surface area contributed by atoms with Gasteiger partial charge < -0.3 is 0 Å². The number of benzene rings is 1. The number of hydrogen-bond acceptors (Lipinski definition) is 3. The van der Waals surface area contributed by atoms with Crippen molar-refractivity contribution in [1.82, 2.24) is 0 Å². The normalized spacial score (nSPS) is 10.1. The van der Waals surface area contributed by atoms with Gasteiger partial charge >= 0.3 is 12.6 Å². The van der Waals surface area contributed by atoms with Crippen LogP contribution in [0.2, 0.25) is 0 Å². The van der Waals surface area contributed by atoms with Crippen molar-refractivity contribution in [2.75, 3.05) is 0 Å². The van der Waals surface area contributed by atoms with Gasteiger partial charge in [0.2, 0.25) is 0 Å². The van der Waals surface area contributed by atoms with Gasteiger partial charge in [-0.3, -0.25) is 4.89 Å². The highest BCUT2D eigenvalue weighted by Crippen LogP contribution is 2.13. The minimum atomic E-state index is -3.16. The van der Waals surface area contributed by atoms with Gasteiger partial charge in [-0.05, 0) is 5.56 Å². The van der Waals surface area contributed by atoms with E-state index in [2.05, 4.69) is 16.4 Å². The third-order valence-electron chi connectivity index (χ3n) is 1.57. The molecule has 0 aliphatic heterocycles. The molecule has 0 fully saturated rings. The molecule has 0 aliphatic carbocycles. The average Bonchev–Trinajstić information content (AvgIpc) is 2.26. The molecule has 1 aromatic rings. The smallest absolute Gasteiger partial charge is 0.287 e. The summed E-state index contributed by atoms with van der Waals surface area (Å²) in [5.74, 6) is -1.04. The van der Waals surface area contributed by atoms with Crippen LogP contribution in [0.15, 0.2) is 36.9 Å². The maximum atomic E-state index is 11.5. The fourth-order valence-electron chi connectivity index (χ4n) is 0.888. The summed E-state index contributed by atoms with van der Waals surface area (Å²) in [4.78, 5) is 18.3. The van der Waals surface area contributed by atoms with E-state index in [9.17, 15) is 13.6 Å². The van der Waals surface area contributed by atoms with Crippen LogP contribution in [0, 0.1) is 0 Å². The predicted molar refractivity (Wildman–Crippen MR) is 48.7 cm³/mol. The first-order chi connectivity index (χ1) is 7.11. The lowest BCUT2D eigenvalue weighted by Crippen LogP contribution is -2.10. The highest BCUT2D eigenvalue weighted by molar-refractivity contribution is 6.15. The van der Waals surface area contributed by atoms with Crippen LogP contribution in [0.5, 0.6) is 0 Å². The Kier molecular flexibility index (Phi) is 3.93. The number of hydrogen-bond donors (Lipinski definition) is 0. The quantitative estimate of drug-likeness (QED) is 0.438. The molecule has 0 bridgehead atoms. The lowest BCUT2D eigenvalue weighted by Gasteiger charge is -2.04. The van der Waals surface area contributed by atoms with Crippen LogP contribution in [0.4, 0.5) is 8.78 Å². The van der Waals surface area contributed by atoms with Gasteiger partial charge in [0.05, 0.1) is 5.57 Å². The molecule has 0 heterocycles. The highest BCUT2D eigenvalue weighted by Gasteiger charge is 2.14. The maximum Gasteiger partial charge on any atom is 0.381 e. The van der Waals surface area contributed by atoms with Crippen LogP contribution in [0.1, 0.15) is 5.56 Å². The fourth-order valence-corrected chi connectivity index (χ4v) is 0.888. The minimum absolute atomic E-state index is 0.0451. The second kappa shape index (κ2) is 5.21. The molecule has 0 radical (unpaired) electrons. The Morgan fingerprint density at radius 2 is 1.87 bits per heavy atom. The lowest BCUT2D eigenvalue weighted by atomic mass is 10.1. The molecule has 0 N–H and O–H groups in total. The zero-order valence-corrected chi connectivity index (χ0v) is 7.65. The van der Waals surface area contributed by atoms with E-state index in [4.69, 9.17) is 0 Å². The number of alkyl halides is 2. The van der Waals surface area contributed by atoms with E-state index in [0.29, 0.717) is 5.56 Å². The predicted octanol–water partition coefficient (Wildman–Crippen LogP) is 2.40. The molecular weight excluding hydrogens is 206 g/mol. The van der Waals surface area contributed by atoms with Gasteiger partial charge in [0, 0.05) is 0 Å². The number of carbonyl (C=O) groups is 1. The molecule has 0 unspecified atom stereocenters. The summed E-state index contributed by atoms with van der Waals surface area (Å²) >= 11 is 0. The van der Waals surface area contributed by atoms with E-state index in [-0.39, 0.29) is 5.57 Å². The highest BCUT2D eigenvalue weighted by atomic mass is 19.3. The Morgan fingerprint density at radius 3 is 2.40 bits per heavy atom. The summed E-state index contributed by atoms with van der Waals surface area (Å²) in [6, 6.07) is 8.32. The van der Waals surface area contributed by atoms with Gasteiger partial charge in [0.15, 0.2) is 0 Å². The van der Waals surface area contributed by atoms with Crippen LogP contribution in [0.3, 0.4) is 0 Å². The molecule has 80 valence electrons. The van der Waals surface area contributed by atoms with Crippen LogP contribution in [0.25, 0.3) is 5.57 Å². The second-order valence-corrected chi connectivity index (χ2v) is 2.57. The summed E-state index contributed by atoms with van der Waals surface area (Å²) in [5.41, 5.74) is 0.441. The van der Waals surface area contributed by atoms with Crippen molar-refractivity contribution in [1.29, 1.82) is 0 Å². The Morgan fingerprint density at radius 1 is 1.27 bits per heavy atom. The van der Waals surface area contributed by atoms with E-state index in [1.54, 1.807) is 30.3 Å². The van der Waals surface area contributed by atoms with E-state index in [1.807, 2.05) is 0 Å². The molecule has 0 atom stereocenters. The van der Waals surface area contributed by atoms with Crippen molar-refractivity contribution < 1.29 is 23.4 Å². The van der Waals surface area contributed by atoms with E-state index in [1.165, 1.54) is 0 Å². The van der Waals surface area contributed by atoms with Crippen molar-refractivity contribution in [2.45, 2.75) is 6.61 Å². The molecule has 0 amide bonds. The summed E-state index contributed by atoms with van der Waals surface area (Å²) in [6.07, 6.45) is 0. The average molecular weight is 214 g/mol. The van der Waals surface area contributed by atoms with Crippen LogP contribution in [-0.2, 0) is 14.6 Å². The second-order valence-electron chi connectivity index (χ2n) is 2.57. The summed E-state index contributed by atoms with van der Waals surface area (Å²) < 4.78 is 23.1. The van der Waals surface area contributed by atoms with Gasteiger partial charge in [0.25, 0.3) is 0 Å². The first-order valence-electron chi connectivity index (χ1n) is 4.01. The SMILES string of the molecule is C=C(C(=O)OOC(F)F)c1ccccc1. The minimum Gasteiger partial charge on any atom is -0.287 e. The molecule has 0 saturated carbocycles. The third kappa shape index (κ3) is 3.47. The van der Waals surface area contributed by atoms with Gasteiger partial charge in [-0.2, -0.15) is 8.78 Å². The standard InChI is InChI=1S/C10H8F2O3/c1-7(8-5-3-2-4-6-8)9(13)14-15-10(11)12/h2-6,10H,1H2. The number of rotatable bonds is 4. The number of halogens is 2. The topological polar surface area (TPSA) is 35.5 Å². The molecule has 0 spiro atoms. The van der Waals surface area contributed by atoms with Crippen molar-refractivity contribution >= 4 is 11.5 Å². The zero-order chi connectivity index (χ0) is 11.3. The zero-order valence-electron chi connectivity index (χ0n) is 7.65. The van der Waals surface area contributed by atoms with E-state index < -0.39 is 12.6 Å². The van der Waals surface area contributed by atoms with Crippen LogP contribution in [-0.4, -0.2) is 12.6 Å². The van der Waals surface area contributed by atoms with Crippen LogP contribution >= 0.6 is 0 Å². The Bertz CT molecular complexity index is 349. The lowest BCUT2D eigenvalue weighted by molar-refractivity contribution is -0.353. The molecule has 0 aromatic heterocycles. The summed E-state index contributed by atoms with van der Waals surface area (Å²) in [6.45, 7) is 0.248. The Hall–Kier alpha value is -1.75. The molecular formula is C10H8F2O3. The van der Waals surface area contributed by atoms with Gasteiger partial charge in [-0.1, -0.05) is 36.9 Å². The molecule has 1 aromatic carbocycles. The monoisotopic (exact) mass is 214 g/mol. The Labute approximate surface area is 84.9 Å². The maximum absolute atomic E-state index is 11.5. The van der Waals surface area contributed by atoms with Crippen molar-refractivity contribution in [3.8, 4) is 0 Å². The van der Waals surface area contributed by atoms with Gasteiger partial charge in [-0.25, -0.2) is 4.79 Å². The van der Waals surface area contributed by atoms with Gasteiger partial charge in [-0.15, -0.1) is 4.89 Å². The largest absolute Gasteiger partial charge is 0.381 e. The fraction of sp³-hybridized carbons (Fsp3) is 0.100. The Balaban J connectivity index is 2.58. The molecule has 0 aliphatic rings. The van der Waals surface area contributed by atoms with Gasteiger partial charge in [0.1, 0.15) is 0 Å². The van der Waals surface area contributed by atoms with Crippen molar-refractivity contribution in [2.24, 2.45) is 0 Å². The molecule has 1 rings (SSSR count). The molecule has 15 heavy (non-hydrogen) atoms. The van der Waals surface area contributed by atoms with E-state index >= 15 is 0 Å². The van der Waals surface area contributed by atoms with Crippen molar-refractivity contribution in [3.63, 3.8) is 0 Å².